The van der Waals surface area contributed by atoms with E-state index in [9.17, 15) is 0 Å². The Hall–Kier alpha value is -9.50. The number of hydrogen-bond acceptors (Lipinski definition) is 2. The van der Waals surface area contributed by atoms with E-state index in [1.165, 1.54) is 70.9 Å². The van der Waals surface area contributed by atoms with Crippen molar-refractivity contribution in [2.45, 2.75) is 0 Å². The van der Waals surface area contributed by atoms with Crippen LogP contribution in [0.4, 0.5) is 17.1 Å². The Labute approximate surface area is 417 Å². The first-order chi connectivity index (χ1) is 35.7. The Morgan fingerprint density at radius 3 is 1.61 bits per heavy atom. The van der Waals surface area contributed by atoms with Crippen molar-refractivity contribution < 1.29 is 4.42 Å². The highest BCUT2D eigenvalue weighted by Crippen LogP contribution is 2.48. The molecule has 0 fully saturated rings. The summed E-state index contributed by atoms with van der Waals surface area (Å²) in [4.78, 5) is 2.42. The number of fused-ring (bicyclic) bond motifs is 9. The topological polar surface area (TPSA) is 16.4 Å². The van der Waals surface area contributed by atoms with Crippen LogP contribution in [0.5, 0.6) is 0 Å². The van der Waals surface area contributed by atoms with Gasteiger partial charge in [-0.1, -0.05) is 224 Å². The van der Waals surface area contributed by atoms with Gasteiger partial charge in [-0.3, -0.25) is 0 Å². The van der Waals surface area contributed by atoms with Crippen molar-refractivity contribution in [2.24, 2.45) is 0 Å². The van der Waals surface area contributed by atoms with Crippen LogP contribution in [0.15, 0.2) is 277 Å². The van der Waals surface area contributed by atoms with Crippen LogP contribution < -0.4 is 4.90 Å². The normalized spacial score (nSPS) is 11.6. The Bertz CT molecular complexity index is 4380. The number of furan rings is 1. The predicted octanol–water partition coefficient (Wildman–Crippen LogP) is 20.0. The van der Waals surface area contributed by atoms with Crippen LogP contribution in [-0.4, -0.2) is 0 Å². The molecule has 2 heteroatoms. The summed E-state index contributed by atoms with van der Waals surface area (Å²) in [6, 6.07) is 99.4. The van der Waals surface area contributed by atoms with Gasteiger partial charge in [0.1, 0.15) is 11.2 Å². The lowest BCUT2D eigenvalue weighted by Gasteiger charge is -2.29. The summed E-state index contributed by atoms with van der Waals surface area (Å²) in [6.45, 7) is 0. The summed E-state index contributed by atoms with van der Waals surface area (Å²) >= 11 is 0. The fraction of sp³-hybridized carbons (Fsp3) is 0. The largest absolute Gasteiger partial charge is 0.455 e. The summed E-state index contributed by atoms with van der Waals surface area (Å²) < 4.78 is 6.61. The molecule has 0 aliphatic heterocycles. The fourth-order valence-electron chi connectivity index (χ4n) is 11.3. The zero-order valence-corrected chi connectivity index (χ0v) is 39.3. The van der Waals surface area contributed by atoms with Crippen molar-refractivity contribution in [2.75, 3.05) is 4.90 Å². The van der Waals surface area contributed by atoms with Crippen LogP contribution in [0.1, 0.15) is 0 Å². The standard InChI is InChI=1S/C70H45NO/c1-3-18-48(19-4-1)68-63-28-10-9-26-60(63)61-42-38-53(45-65(61)69(68)49-20-5-2-6-21-49)58-25-11-13-31-66(58)71(55-23-15-22-51(44-55)59-29-16-30-64-62-27-12-14-32-67(62)72-70(59)64)54-39-35-46(36-40-54)50-37-41-57-52(43-50)34-33-47-17-7-8-24-56(47)57/h1-45H. The first-order valence-corrected chi connectivity index (χ1v) is 24.7. The van der Waals surface area contributed by atoms with Crippen LogP contribution >= 0.6 is 0 Å². The SMILES string of the molecule is c1ccc(-c2c(-c3ccccc3)c3cc(-c4ccccc4N(c4ccc(-c5ccc6c(ccc7ccccc76)c5)cc4)c4cccc(-c5cccc6c5oc5ccccc56)c4)ccc3c3ccccc23)cc1. The molecule has 0 amide bonds. The molecule has 336 valence electrons. The molecule has 0 saturated carbocycles. The molecule has 0 aliphatic carbocycles. The first-order valence-electron chi connectivity index (χ1n) is 24.7. The van der Waals surface area contributed by atoms with Gasteiger partial charge in [0.2, 0.25) is 0 Å². The van der Waals surface area contributed by atoms with Crippen molar-refractivity contribution in [3.05, 3.63) is 273 Å². The quantitative estimate of drug-likeness (QED) is 0.141. The molecular formula is C70H45NO. The van der Waals surface area contributed by atoms with Crippen molar-refractivity contribution in [1.29, 1.82) is 0 Å². The molecule has 0 aliphatic rings. The summed E-state index contributed by atoms with van der Waals surface area (Å²) in [5.41, 5.74) is 16.6. The molecule has 1 heterocycles. The Morgan fingerprint density at radius 1 is 0.250 bits per heavy atom. The monoisotopic (exact) mass is 915 g/mol. The minimum atomic E-state index is 0.890. The maximum atomic E-state index is 6.61. The smallest absolute Gasteiger partial charge is 0.143 e. The van der Waals surface area contributed by atoms with Gasteiger partial charge in [-0.25, -0.2) is 0 Å². The number of nitrogens with zero attached hydrogens (tertiary/aromatic N) is 1. The van der Waals surface area contributed by atoms with E-state index in [0.29, 0.717) is 0 Å². The van der Waals surface area contributed by atoms with Gasteiger partial charge in [-0.2, -0.15) is 0 Å². The lowest BCUT2D eigenvalue weighted by atomic mass is 9.84. The third-order valence-corrected chi connectivity index (χ3v) is 14.6. The van der Waals surface area contributed by atoms with E-state index in [0.717, 1.165) is 66.8 Å². The lowest BCUT2D eigenvalue weighted by Crippen LogP contribution is -2.11. The van der Waals surface area contributed by atoms with Crippen molar-refractivity contribution in [3.63, 3.8) is 0 Å². The van der Waals surface area contributed by atoms with E-state index in [2.05, 4.69) is 272 Å². The highest BCUT2D eigenvalue weighted by Gasteiger charge is 2.22. The summed E-state index contributed by atoms with van der Waals surface area (Å²) in [5.74, 6) is 0. The van der Waals surface area contributed by atoms with Gasteiger partial charge >= 0.3 is 0 Å². The van der Waals surface area contributed by atoms with E-state index in [1.54, 1.807) is 0 Å². The van der Waals surface area contributed by atoms with Gasteiger partial charge in [0.15, 0.2) is 0 Å². The zero-order valence-electron chi connectivity index (χ0n) is 39.3. The maximum Gasteiger partial charge on any atom is 0.143 e. The first kappa shape index (κ1) is 41.5. The molecule has 0 N–H and O–H groups in total. The van der Waals surface area contributed by atoms with Crippen LogP contribution in [0, 0.1) is 0 Å². The fourth-order valence-corrected chi connectivity index (χ4v) is 11.3. The van der Waals surface area contributed by atoms with Crippen LogP contribution in [0.25, 0.3) is 121 Å². The average molecular weight is 916 g/mol. The van der Waals surface area contributed by atoms with E-state index >= 15 is 0 Å². The molecule has 72 heavy (non-hydrogen) atoms. The molecule has 0 bridgehead atoms. The molecule has 0 unspecified atom stereocenters. The highest BCUT2D eigenvalue weighted by atomic mass is 16.3. The number of hydrogen-bond donors (Lipinski definition) is 0. The van der Waals surface area contributed by atoms with Crippen LogP contribution in [0.3, 0.4) is 0 Å². The van der Waals surface area contributed by atoms with Gasteiger partial charge in [0.25, 0.3) is 0 Å². The number of para-hydroxylation sites is 3. The highest BCUT2D eigenvalue weighted by molar-refractivity contribution is 6.22. The molecule has 0 spiro atoms. The second-order valence-corrected chi connectivity index (χ2v) is 18.7. The molecule has 0 radical (unpaired) electrons. The summed E-state index contributed by atoms with van der Waals surface area (Å²) in [7, 11) is 0. The van der Waals surface area contributed by atoms with E-state index in [-0.39, 0.29) is 0 Å². The minimum Gasteiger partial charge on any atom is -0.455 e. The number of benzene rings is 13. The molecule has 2 nitrogen and oxygen atoms in total. The van der Waals surface area contributed by atoms with E-state index < -0.39 is 0 Å². The third kappa shape index (κ3) is 6.95. The van der Waals surface area contributed by atoms with E-state index in [1.807, 2.05) is 6.07 Å². The molecule has 1 aromatic heterocycles. The summed E-state index contributed by atoms with van der Waals surface area (Å²) in [6.07, 6.45) is 0. The maximum absolute atomic E-state index is 6.61. The Morgan fingerprint density at radius 2 is 0.792 bits per heavy atom. The average Bonchev–Trinajstić information content (AvgIpc) is 3.84. The summed E-state index contributed by atoms with van der Waals surface area (Å²) in [5, 5.41) is 12.2. The Balaban J connectivity index is 0.963. The van der Waals surface area contributed by atoms with Crippen molar-refractivity contribution in [1.82, 2.24) is 0 Å². The number of rotatable bonds is 8. The van der Waals surface area contributed by atoms with Crippen LogP contribution in [-0.2, 0) is 0 Å². The molecule has 0 atom stereocenters. The molecule has 14 aromatic rings. The zero-order chi connectivity index (χ0) is 47.5. The van der Waals surface area contributed by atoms with Gasteiger partial charge in [-0.05, 0) is 136 Å². The lowest BCUT2D eigenvalue weighted by molar-refractivity contribution is 0.670. The molecular weight excluding hydrogens is 871 g/mol. The molecule has 14 rings (SSSR count). The van der Waals surface area contributed by atoms with Crippen molar-refractivity contribution >= 4 is 82.1 Å². The van der Waals surface area contributed by atoms with Gasteiger partial charge in [0, 0.05) is 33.3 Å². The van der Waals surface area contributed by atoms with E-state index in [4.69, 9.17) is 4.42 Å². The minimum absolute atomic E-state index is 0.890. The predicted molar refractivity (Wildman–Crippen MR) is 306 cm³/mol. The third-order valence-electron chi connectivity index (χ3n) is 14.6. The van der Waals surface area contributed by atoms with Gasteiger partial charge in [-0.15, -0.1) is 0 Å². The van der Waals surface area contributed by atoms with Gasteiger partial charge < -0.3 is 9.32 Å². The second kappa shape index (κ2) is 17.2. The van der Waals surface area contributed by atoms with Crippen molar-refractivity contribution in [3.8, 4) is 55.6 Å². The molecule has 13 aromatic carbocycles. The Kier molecular flexibility index (Phi) is 9.89. The second-order valence-electron chi connectivity index (χ2n) is 18.7. The van der Waals surface area contributed by atoms with Crippen LogP contribution in [0.2, 0.25) is 0 Å². The van der Waals surface area contributed by atoms with Gasteiger partial charge in [0.05, 0.1) is 5.69 Å². The molecule has 0 saturated heterocycles. The number of anilines is 3.